The van der Waals surface area contributed by atoms with Crippen LogP contribution >= 0.6 is 0 Å². The third-order valence-electron chi connectivity index (χ3n) is 3.20. The molecule has 0 fully saturated rings. The number of benzene rings is 1. The second-order valence-corrected chi connectivity index (χ2v) is 4.40. The van der Waals surface area contributed by atoms with Crippen molar-refractivity contribution in [2.24, 2.45) is 5.92 Å². The molecule has 0 radical (unpaired) electrons. The number of methoxy groups -OCH3 is 1. The van der Waals surface area contributed by atoms with Crippen LogP contribution in [0.1, 0.15) is 24.8 Å². The van der Waals surface area contributed by atoms with Crippen molar-refractivity contribution in [3.05, 3.63) is 23.8 Å². The normalized spacial score (nSPS) is 22.5. The number of esters is 1. The SMILES string of the molecule is COC(=O)C[C@@H]1c2ccc(O)cc2OC[C@@H]1C. The molecule has 0 unspecified atom stereocenters. The first-order chi connectivity index (χ1) is 8.11. The van der Waals surface area contributed by atoms with Gasteiger partial charge in [0, 0.05) is 12.0 Å². The lowest BCUT2D eigenvalue weighted by Gasteiger charge is -2.30. The summed E-state index contributed by atoms with van der Waals surface area (Å²) in [5.74, 6) is 0.966. The molecule has 4 heteroatoms. The van der Waals surface area contributed by atoms with Crippen LogP contribution in [-0.2, 0) is 9.53 Å². The Morgan fingerprint density at radius 1 is 1.59 bits per heavy atom. The van der Waals surface area contributed by atoms with Crippen molar-refractivity contribution in [3.8, 4) is 11.5 Å². The van der Waals surface area contributed by atoms with Gasteiger partial charge in [-0.15, -0.1) is 0 Å². The second-order valence-electron chi connectivity index (χ2n) is 4.40. The van der Waals surface area contributed by atoms with Crippen molar-refractivity contribution in [1.82, 2.24) is 0 Å². The number of phenols is 1. The van der Waals surface area contributed by atoms with Crippen molar-refractivity contribution < 1.29 is 19.4 Å². The van der Waals surface area contributed by atoms with Crippen LogP contribution in [0.3, 0.4) is 0 Å². The highest BCUT2D eigenvalue weighted by Gasteiger charge is 2.30. The first-order valence-corrected chi connectivity index (χ1v) is 5.64. The molecule has 2 atom stereocenters. The lowest BCUT2D eigenvalue weighted by molar-refractivity contribution is -0.141. The Hall–Kier alpha value is -1.71. The van der Waals surface area contributed by atoms with E-state index >= 15 is 0 Å². The van der Waals surface area contributed by atoms with Gasteiger partial charge in [0.1, 0.15) is 11.5 Å². The molecule has 17 heavy (non-hydrogen) atoms. The number of fused-ring (bicyclic) bond motifs is 1. The lowest BCUT2D eigenvalue weighted by Crippen LogP contribution is -2.25. The van der Waals surface area contributed by atoms with Gasteiger partial charge in [0.2, 0.25) is 0 Å². The summed E-state index contributed by atoms with van der Waals surface area (Å²) >= 11 is 0. The third kappa shape index (κ3) is 2.35. The number of phenolic OH excluding ortho intramolecular Hbond substituents is 1. The molecule has 0 bridgehead atoms. The first-order valence-electron chi connectivity index (χ1n) is 5.64. The molecule has 2 rings (SSSR count). The molecule has 4 nitrogen and oxygen atoms in total. The minimum absolute atomic E-state index is 0.0896. The predicted octanol–water partition coefficient (Wildman–Crippen LogP) is 2.07. The minimum Gasteiger partial charge on any atom is -0.508 e. The number of aromatic hydroxyl groups is 1. The Morgan fingerprint density at radius 2 is 2.35 bits per heavy atom. The van der Waals surface area contributed by atoms with Gasteiger partial charge in [-0.1, -0.05) is 13.0 Å². The Morgan fingerprint density at radius 3 is 3.06 bits per heavy atom. The average Bonchev–Trinajstić information content (AvgIpc) is 2.32. The fourth-order valence-electron chi connectivity index (χ4n) is 2.17. The molecule has 1 heterocycles. The fraction of sp³-hybridized carbons (Fsp3) is 0.462. The smallest absolute Gasteiger partial charge is 0.306 e. The van der Waals surface area contributed by atoms with E-state index in [0.29, 0.717) is 18.8 Å². The fourth-order valence-corrected chi connectivity index (χ4v) is 2.17. The molecule has 1 N–H and O–H groups in total. The van der Waals surface area contributed by atoms with Crippen LogP contribution < -0.4 is 4.74 Å². The molecule has 0 spiro atoms. The summed E-state index contributed by atoms with van der Waals surface area (Å²) in [5.41, 5.74) is 0.965. The number of rotatable bonds is 2. The van der Waals surface area contributed by atoms with Crippen molar-refractivity contribution in [1.29, 1.82) is 0 Å². The number of carbonyl (C=O) groups is 1. The Balaban J connectivity index is 2.30. The standard InChI is InChI=1S/C13H16O4/c1-8-7-17-12-5-9(14)3-4-10(12)11(8)6-13(15)16-2/h3-5,8,11,14H,6-7H2,1-2H3/t8-,11-/m0/s1. The summed E-state index contributed by atoms with van der Waals surface area (Å²) in [6, 6.07) is 5.02. The van der Waals surface area contributed by atoms with E-state index in [0.717, 1.165) is 5.56 Å². The van der Waals surface area contributed by atoms with E-state index in [4.69, 9.17) is 9.47 Å². The highest BCUT2D eigenvalue weighted by Crippen LogP contribution is 2.40. The quantitative estimate of drug-likeness (QED) is 0.799. The van der Waals surface area contributed by atoms with Crippen LogP contribution in [0.5, 0.6) is 11.5 Å². The van der Waals surface area contributed by atoms with Gasteiger partial charge in [0.15, 0.2) is 0 Å². The molecule has 1 aromatic carbocycles. The summed E-state index contributed by atoms with van der Waals surface area (Å²) < 4.78 is 10.3. The molecular weight excluding hydrogens is 220 g/mol. The average molecular weight is 236 g/mol. The van der Waals surface area contributed by atoms with Crippen LogP contribution in [0.15, 0.2) is 18.2 Å². The molecule has 1 aliphatic rings. The molecule has 0 aromatic heterocycles. The van der Waals surface area contributed by atoms with Gasteiger partial charge in [0.05, 0.1) is 20.1 Å². The van der Waals surface area contributed by atoms with Crippen LogP contribution in [0.4, 0.5) is 0 Å². The van der Waals surface area contributed by atoms with Gasteiger partial charge < -0.3 is 14.6 Å². The maximum absolute atomic E-state index is 11.4. The molecule has 1 aliphatic heterocycles. The van der Waals surface area contributed by atoms with Crippen molar-refractivity contribution in [2.75, 3.05) is 13.7 Å². The molecule has 92 valence electrons. The van der Waals surface area contributed by atoms with E-state index < -0.39 is 0 Å². The Kier molecular flexibility index (Phi) is 3.22. The van der Waals surface area contributed by atoms with Gasteiger partial charge >= 0.3 is 5.97 Å². The second kappa shape index (κ2) is 4.65. The van der Waals surface area contributed by atoms with Gasteiger partial charge in [0.25, 0.3) is 0 Å². The topological polar surface area (TPSA) is 55.8 Å². The summed E-state index contributed by atoms with van der Waals surface area (Å²) in [7, 11) is 1.39. The van der Waals surface area contributed by atoms with Crippen LogP contribution in [0.25, 0.3) is 0 Å². The van der Waals surface area contributed by atoms with Crippen molar-refractivity contribution >= 4 is 5.97 Å². The highest BCUT2D eigenvalue weighted by atomic mass is 16.5. The van der Waals surface area contributed by atoms with Gasteiger partial charge in [-0.3, -0.25) is 4.79 Å². The minimum atomic E-state index is -0.220. The Labute approximate surface area is 100 Å². The number of carbonyl (C=O) groups excluding carboxylic acids is 1. The van der Waals surface area contributed by atoms with Gasteiger partial charge in [-0.25, -0.2) is 0 Å². The van der Waals surface area contributed by atoms with Crippen molar-refractivity contribution in [3.63, 3.8) is 0 Å². The molecule has 0 saturated carbocycles. The maximum Gasteiger partial charge on any atom is 0.306 e. The third-order valence-corrected chi connectivity index (χ3v) is 3.20. The Bertz CT molecular complexity index is 427. The number of ether oxygens (including phenoxy) is 2. The zero-order valence-electron chi connectivity index (χ0n) is 9.97. The molecule has 0 amide bonds. The summed E-state index contributed by atoms with van der Waals surface area (Å²) in [4.78, 5) is 11.4. The van der Waals surface area contributed by atoms with Crippen molar-refractivity contribution in [2.45, 2.75) is 19.3 Å². The largest absolute Gasteiger partial charge is 0.508 e. The van der Waals surface area contributed by atoms with E-state index in [-0.39, 0.29) is 23.6 Å². The first kappa shape index (κ1) is 11.8. The molecular formula is C13H16O4. The van der Waals surface area contributed by atoms with E-state index in [1.807, 2.05) is 13.0 Å². The lowest BCUT2D eigenvalue weighted by atomic mass is 9.83. The van der Waals surface area contributed by atoms with Crippen LogP contribution in [-0.4, -0.2) is 24.8 Å². The van der Waals surface area contributed by atoms with E-state index in [1.165, 1.54) is 7.11 Å². The van der Waals surface area contributed by atoms with Crippen LogP contribution in [0.2, 0.25) is 0 Å². The monoisotopic (exact) mass is 236 g/mol. The predicted molar refractivity (Wildman–Crippen MR) is 62.1 cm³/mol. The summed E-state index contributed by atoms with van der Waals surface area (Å²) in [6.07, 6.45) is 0.346. The van der Waals surface area contributed by atoms with E-state index in [9.17, 15) is 9.90 Å². The highest BCUT2D eigenvalue weighted by molar-refractivity contribution is 5.70. The zero-order chi connectivity index (χ0) is 12.4. The van der Waals surface area contributed by atoms with Gasteiger partial charge in [-0.2, -0.15) is 0 Å². The summed E-state index contributed by atoms with van der Waals surface area (Å²) in [5, 5.41) is 9.40. The van der Waals surface area contributed by atoms with Crippen LogP contribution in [0, 0.1) is 5.92 Å². The van der Waals surface area contributed by atoms with E-state index in [1.54, 1.807) is 12.1 Å². The van der Waals surface area contributed by atoms with Gasteiger partial charge in [-0.05, 0) is 17.5 Å². The molecule has 0 aliphatic carbocycles. The maximum atomic E-state index is 11.4. The zero-order valence-corrected chi connectivity index (χ0v) is 9.97. The number of hydrogen-bond acceptors (Lipinski definition) is 4. The molecule has 1 aromatic rings. The number of hydrogen-bond donors (Lipinski definition) is 1. The van der Waals surface area contributed by atoms with E-state index in [2.05, 4.69) is 0 Å². The summed E-state index contributed by atoms with van der Waals surface area (Å²) in [6.45, 7) is 2.60. The molecule has 0 saturated heterocycles.